The zero-order valence-electron chi connectivity index (χ0n) is 11.3. The summed E-state index contributed by atoms with van der Waals surface area (Å²) in [6.45, 7) is 4.51. The van der Waals surface area contributed by atoms with Gasteiger partial charge in [0.15, 0.2) is 0 Å². The molecular weight excluding hydrogens is 230 g/mol. The van der Waals surface area contributed by atoms with Gasteiger partial charge in [-0.05, 0) is 19.8 Å². The van der Waals surface area contributed by atoms with Crippen LogP contribution in [-0.2, 0) is 22.5 Å². The van der Waals surface area contributed by atoms with Crippen LogP contribution < -0.4 is 5.32 Å². The average molecular weight is 251 g/mol. The highest BCUT2D eigenvalue weighted by molar-refractivity contribution is 5.80. The van der Waals surface area contributed by atoms with Crippen molar-refractivity contribution in [3.63, 3.8) is 0 Å². The molecule has 5 heteroatoms. The molecule has 0 radical (unpaired) electrons. The van der Waals surface area contributed by atoms with E-state index in [2.05, 4.69) is 17.2 Å². The summed E-state index contributed by atoms with van der Waals surface area (Å²) in [6, 6.07) is 0.447. The van der Waals surface area contributed by atoms with Gasteiger partial charge in [-0.15, -0.1) is 0 Å². The summed E-state index contributed by atoms with van der Waals surface area (Å²) in [4.78, 5) is 16.3. The third-order valence-corrected chi connectivity index (χ3v) is 3.34. The summed E-state index contributed by atoms with van der Waals surface area (Å²) in [6.07, 6.45) is 6.81. The summed E-state index contributed by atoms with van der Waals surface area (Å²) in [7, 11) is 1.43. The molecule has 100 valence electrons. The van der Waals surface area contributed by atoms with Gasteiger partial charge in [0.2, 0.25) is 0 Å². The number of ether oxygens (including phenoxy) is 1. The van der Waals surface area contributed by atoms with Gasteiger partial charge in [0, 0.05) is 24.9 Å². The minimum Gasteiger partial charge on any atom is -0.468 e. The largest absolute Gasteiger partial charge is 0.468 e. The number of nitrogens with zero attached hydrogens (tertiary/aromatic N) is 2. The van der Waals surface area contributed by atoms with Gasteiger partial charge < -0.3 is 9.30 Å². The topological polar surface area (TPSA) is 56.2 Å². The molecule has 0 saturated heterocycles. The van der Waals surface area contributed by atoms with Crippen LogP contribution in [0, 0.1) is 0 Å². The third kappa shape index (κ3) is 2.72. The summed E-state index contributed by atoms with van der Waals surface area (Å²) in [5.74, 6) is 0.771. The molecule has 0 aliphatic heterocycles. The van der Waals surface area contributed by atoms with E-state index in [1.807, 2.05) is 17.7 Å². The summed E-state index contributed by atoms with van der Waals surface area (Å²) in [5.41, 5.74) is -0.680. The Bertz CT molecular complexity index is 426. The number of aryl methyl sites for hydroxylation is 1. The Morgan fingerprint density at radius 3 is 2.94 bits per heavy atom. The van der Waals surface area contributed by atoms with Crippen molar-refractivity contribution >= 4 is 5.97 Å². The highest BCUT2D eigenvalue weighted by Gasteiger charge is 2.40. The minimum absolute atomic E-state index is 0.217. The van der Waals surface area contributed by atoms with E-state index in [1.165, 1.54) is 7.11 Å². The molecule has 5 nitrogen and oxygen atoms in total. The first-order chi connectivity index (χ1) is 8.59. The van der Waals surface area contributed by atoms with Crippen LogP contribution in [0.2, 0.25) is 0 Å². The maximum Gasteiger partial charge on any atom is 0.327 e. The number of carbonyl (C=O) groups is 1. The van der Waals surface area contributed by atoms with Crippen molar-refractivity contribution in [2.45, 2.75) is 51.2 Å². The Morgan fingerprint density at radius 1 is 1.67 bits per heavy atom. The van der Waals surface area contributed by atoms with Gasteiger partial charge in [0.25, 0.3) is 0 Å². The lowest BCUT2D eigenvalue weighted by atomic mass is 10.0. The molecule has 1 unspecified atom stereocenters. The molecule has 1 aliphatic carbocycles. The lowest BCUT2D eigenvalue weighted by Crippen LogP contribution is -2.54. The fourth-order valence-corrected chi connectivity index (χ4v) is 2.21. The SMILES string of the molecule is CCc1nccn1CC(C)(NC1CC1)C(=O)OC. The number of imidazole rings is 1. The fourth-order valence-electron chi connectivity index (χ4n) is 2.21. The number of hydrogen-bond acceptors (Lipinski definition) is 4. The summed E-state index contributed by atoms with van der Waals surface area (Å²) in [5, 5.41) is 3.38. The van der Waals surface area contributed by atoms with Crippen LogP contribution in [0.5, 0.6) is 0 Å². The number of methoxy groups -OCH3 is 1. The number of aromatic nitrogens is 2. The van der Waals surface area contributed by atoms with E-state index in [-0.39, 0.29) is 5.97 Å². The average Bonchev–Trinajstić information content (AvgIpc) is 3.05. The number of esters is 1. The Morgan fingerprint density at radius 2 is 2.39 bits per heavy atom. The van der Waals surface area contributed by atoms with E-state index < -0.39 is 5.54 Å². The Balaban J connectivity index is 2.15. The highest BCUT2D eigenvalue weighted by Crippen LogP contribution is 2.24. The van der Waals surface area contributed by atoms with Crippen molar-refractivity contribution in [1.29, 1.82) is 0 Å². The quantitative estimate of drug-likeness (QED) is 0.770. The molecule has 0 bridgehead atoms. The second kappa shape index (κ2) is 5.10. The number of carbonyl (C=O) groups excluding carboxylic acids is 1. The van der Waals surface area contributed by atoms with Gasteiger partial charge in [0.05, 0.1) is 13.7 Å². The number of nitrogens with one attached hydrogen (secondary N) is 1. The smallest absolute Gasteiger partial charge is 0.327 e. The van der Waals surface area contributed by atoms with Crippen molar-refractivity contribution in [3.8, 4) is 0 Å². The van der Waals surface area contributed by atoms with Crippen molar-refractivity contribution < 1.29 is 9.53 Å². The first kappa shape index (κ1) is 13.1. The molecule has 18 heavy (non-hydrogen) atoms. The molecule has 0 amide bonds. The molecule has 1 fully saturated rings. The zero-order chi connectivity index (χ0) is 13.2. The van der Waals surface area contributed by atoms with Crippen molar-refractivity contribution in [1.82, 2.24) is 14.9 Å². The molecule has 0 aromatic carbocycles. The minimum atomic E-state index is -0.680. The fraction of sp³-hybridized carbons (Fsp3) is 0.692. The van der Waals surface area contributed by atoms with E-state index in [0.717, 1.165) is 25.1 Å². The lowest BCUT2D eigenvalue weighted by molar-refractivity contribution is -0.148. The molecule has 1 aromatic heterocycles. The van der Waals surface area contributed by atoms with Gasteiger partial charge in [0.1, 0.15) is 11.4 Å². The molecule has 0 spiro atoms. The molecule has 2 rings (SSSR count). The van der Waals surface area contributed by atoms with Crippen LogP contribution in [-0.4, -0.2) is 34.2 Å². The van der Waals surface area contributed by atoms with E-state index >= 15 is 0 Å². The Labute approximate surface area is 108 Å². The number of rotatable bonds is 6. The second-order valence-electron chi connectivity index (χ2n) is 5.07. The van der Waals surface area contributed by atoms with Crippen LogP contribution in [0.1, 0.15) is 32.5 Å². The van der Waals surface area contributed by atoms with Crippen LogP contribution in [0.4, 0.5) is 0 Å². The van der Waals surface area contributed by atoms with Gasteiger partial charge in [-0.1, -0.05) is 6.92 Å². The van der Waals surface area contributed by atoms with Crippen LogP contribution in [0.25, 0.3) is 0 Å². The van der Waals surface area contributed by atoms with Crippen LogP contribution >= 0.6 is 0 Å². The maximum atomic E-state index is 12.0. The lowest BCUT2D eigenvalue weighted by Gasteiger charge is -2.29. The third-order valence-electron chi connectivity index (χ3n) is 3.34. The van der Waals surface area contributed by atoms with Crippen molar-refractivity contribution in [3.05, 3.63) is 18.2 Å². The van der Waals surface area contributed by atoms with E-state index in [1.54, 1.807) is 6.20 Å². The molecular formula is C13H21N3O2. The van der Waals surface area contributed by atoms with E-state index in [9.17, 15) is 4.79 Å². The summed E-state index contributed by atoms with van der Waals surface area (Å²) >= 11 is 0. The zero-order valence-corrected chi connectivity index (χ0v) is 11.3. The first-order valence-corrected chi connectivity index (χ1v) is 6.45. The van der Waals surface area contributed by atoms with E-state index in [4.69, 9.17) is 4.74 Å². The van der Waals surface area contributed by atoms with Gasteiger partial charge >= 0.3 is 5.97 Å². The van der Waals surface area contributed by atoms with Crippen molar-refractivity contribution in [2.75, 3.05) is 7.11 Å². The van der Waals surface area contributed by atoms with Gasteiger partial charge in [-0.2, -0.15) is 0 Å². The molecule has 1 aromatic rings. The van der Waals surface area contributed by atoms with Crippen LogP contribution in [0.15, 0.2) is 12.4 Å². The maximum absolute atomic E-state index is 12.0. The van der Waals surface area contributed by atoms with Gasteiger partial charge in [-0.25, -0.2) is 9.78 Å². The Hall–Kier alpha value is -1.36. The van der Waals surface area contributed by atoms with Gasteiger partial charge in [-0.3, -0.25) is 5.32 Å². The molecule has 1 atom stereocenters. The molecule has 1 heterocycles. The summed E-state index contributed by atoms with van der Waals surface area (Å²) < 4.78 is 6.95. The van der Waals surface area contributed by atoms with E-state index in [0.29, 0.717) is 12.6 Å². The molecule has 1 aliphatic rings. The van der Waals surface area contributed by atoms with Crippen molar-refractivity contribution in [2.24, 2.45) is 0 Å². The number of hydrogen-bond donors (Lipinski definition) is 1. The highest BCUT2D eigenvalue weighted by atomic mass is 16.5. The molecule has 1 saturated carbocycles. The van der Waals surface area contributed by atoms with Crippen LogP contribution in [0.3, 0.4) is 0 Å². The normalized spacial score (nSPS) is 18.4. The monoisotopic (exact) mass is 251 g/mol. The Kier molecular flexibility index (Phi) is 3.71. The molecule has 1 N–H and O–H groups in total. The predicted octanol–water partition coefficient (Wildman–Crippen LogP) is 1.13. The second-order valence-corrected chi connectivity index (χ2v) is 5.07. The standard InChI is InChI=1S/C13H21N3O2/c1-4-11-14-7-8-16(11)9-13(2,12(17)18-3)15-10-5-6-10/h7-8,10,15H,4-6,9H2,1-3H3. The predicted molar refractivity (Wildman–Crippen MR) is 68.2 cm³/mol. The first-order valence-electron chi connectivity index (χ1n) is 6.45.